The van der Waals surface area contributed by atoms with Crippen molar-refractivity contribution in [3.8, 4) is 0 Å². The lowest BCUT2D eigenvalue weighted by molar-refractivity contribution is -0.125. The van der Waals surface area contributed by atoms with Gasteiger partial charge in [-0.05, 0) is 17.5 Å². The predicted octanol–water partition coefficient (Wildman–Crippen LogP) is 2.22. The fourth-order valence-corrected chi connectivity index (χ4v) is 1.98. The molecule has 0 fully saturated rings. The summed E-state index contributed by atoms with van der Waals surface area (Å²) in [6.07, 6.45) is 1.38. The molecule has 0 saturated carbocycles. The number of amides is 1. The fraction of sp³-hybridized carbons (Fsp3) is 0.222. The fourth-order valence-electron chi connectivity index (χ4n) is 1.98. The van der Waals surface area contributed by atoms with E-state index in [1.54, 1.807) is 0 Å². The van der Waals surface area contributed by atoms with Crippen LogP contribution >= 0.6 is 0 Å². The summed E-state index contributed by atoms with van der Waals surface area (Å²) in [6.45, 7) is 0.328. The van der Waals surface area contributed by atoms with E-state index >= 15 is 0 Å². The van der Waals surface area contributed by atoms with Crippen LogP contribution in [0, 0.1) is 0 Å². The summed E-state index contributed by atoms with van der Waals surface area (Å²) >= 11 is 0. The Kier molecular flexibility index (Phi) is 6.65. The average Bonchev–Trinajstić information content (AvgIpc) is 2.60. The van der Waals surface area contributed by atoms with Gasteiger partial charge in [-0.15, -0.1) is 0 Å². The van der Waals surface area contributed by atoms with E-state index in [0.717, 1.165) is 12.0 Å². The van der Waals surface area contributed by atoms with E-state index in [9.17, 15) is 4.79 Å². The van der Waals surface area contributed by atoms with Crippen LogP contribution in [-0.4, -0.2) is 18.3 Å². The van der Waals surface area contributed by atoms with Gasteiger partial charge in [-0.25, -0.2) is 0 Å². The highest BCUT2D eigenvalue weighted by Crippen LogP contribution is 2.02. The second-order valence-corrected chi connectivity index (χ2v) is 5.10. The minimum atomic E-state index is -0.228. The Balaban J connectivity index is 1.63. The van der Waals surface area contributed by atoms with E-state index in [-0.39, 0.29) is 12.5 Å². The van der Waals surface area contributed by atoms with Gasteiger partial charge >= 0.3 is 0 Å². The van der Waals surface area contributed by atoms with Crippen molar-refractivity contribution in [2.24, 2.45) is 10.9 Å². The second kappa shape index (κ2) is 9.25. The third kappa shape index (κ3) is 6.65. The van der Waals surface area contributed by atoms with Crippen molar-refractivity contribution < 1.29 is 9.63 Å². The van der Waals surface area contributed by atoms with E-state index in [1.807, 2.05) is 60.7 Å². The lowest BCUT2D eigenvalue weighted by Gasteiger charge is -2.05. The molecular formula is C18H21N3O2. The Morgan fingerprint density at radius 3 is 2.26 bits per heavy atom. The molecule has 0 bridgehead atoms. The van der Waals surface area contributed by atoms with Gasteiger partial charge < -0.3 is 15.9 Å². The molecule has 0 radical (unpaired) electrons. The van der Waals surface area contributed by atoms with Gasteiger partial charge in [0.25, 0.3) is 5.91 Å². The standard InChI is InChI=1S/C18H21N3O2/c19-17(12-11-15-7-3-1-4-8-15)21-23-14-18(22)20-13-16-9-5-2-6-10-16/h1-10H,11-14H2,(H2,19,21)(H,20,22). The number of hydrogen-bond donors (Lipinski definition) is 2. The largest absolute Gasteiger partial charge is 0.384 e. The van der Waals surface area contributed by atoms with Crippen LogP contribution in [-0.2, 0) is 22.6 Å². The summed E-state index contributed by atoms with van der Waals surface area (Å²) in [5.41, 5.74) is 7.99. The summed E-state index contributed by atoms with van der Waals surface area (Å²) in [4.78, 5) is 16.6. The number of carbonyl (C=O) groups is 1. The SMILES string of the molecule is N/C(CCc1ccccc1)=N\OCC(=O)NCc1ccccc1. The minimum Gasteiger partial charge on any atom is -0.384 e. The normalized spacial score (nSPS) is 11.0. The van der Waals surface area contributed by atoms with Gasteiger partial charge in [0.15, 0.2) is 6.61 Å². The summed E-state index contributed by atoms with van der Waals surface area (Å²) in [7, 11) is 0. The van der Waals surface area contributed by atoms with Crippen molar-refractivity contribution in [2.45, 2.75) is 19.4 Å². The lowest BCUT2D eigenvalue weighted by atomic mass is 10.1. The van der Waals surface area contributed by atoms with Crippen LogP contribution in [0.25, 0.3) is 0 Å². The molecular weight excluding hydrogens is 290 g/mol. The smallest absolute Gasteiger partial charge is 0.261 e. The van der Waals surface area contributed by atoms with Crippen molar-refractivity contribution in [1.29, 1.82) is 0 Å². The van der Waals surface area contributed by atoms with Crippen LogP contribution in [0.15, 0.2) is 65.8 Å². The van der Waals surface area contributed by atoms with Crippen molar-refractivity contribution in [2.75, 3.05) is 6.61 Å². The maximum absolute atomic E-state index is 11.6. The molecule has 5 nitrogen and oxygen atoms in total. The highest BCUT2D eigenvalue weighted by atomic mass is 16.6. The topological polar surface area (TPSA) is 76.7 Å². The maximum atomic E-state index is 11.6. The molecule has 1 amide bonds. The van der Waals surface area contributed by atoms with Crippen molar-refractivity contribution in [3.63, 3.8) is 0 Å². The molecule has 2 aromatic carbocycles. The molecule has 120 valence electrons. The second-order valence-electron chi connectivity index (χ2n) is 5.10. The lowest BCUT2D eigenvalue weighted by Crippen LogP contribution is -2.26. The summed E-state index contributed by atoms with van der Waals surface area (Å²) in [5.74, 6) is 0.151. The first kappa shape index (κ1) is 16.5. The van der Waals surface area contributed by atoms with E-state index in [0.29, 0.717) is 18.8 Å². The molecule has 0 aliphatic carbocycles. The van der Waals surface area contributed by atoms with Crippen molar-refractivity contribution in [3.05, 3.63) is 71.8 Å². The highest BCUT2D eigenvalue weighted by molar-refractivity contribution is 5.80. The average molecular weight is 311 g/mol. The summed E-state index contributed by atoms with van der Waals surface area (Å²) in [5, 5.41) is 6.52. The molecule has 23 heavy (non-hydrogen) atoms. The Labute approximate surface area is 136 Å². The summed E-state index contributed by atoms with van der Waals surface area (Å²) in [6, 6.07) is 19.7. The van der Waals surface area contributed by atoms with Crippen molar-refractivity contribution >= 4 is 11.7 Å². The van der Waals surface area contributed by atoms with E-state index in [4.69, 9.17) is 10.6 Å². The molecule has 0 saturated heterocycles. The van der Waals surface area contributed by atoms with Gasteiger partial charge in [0.2, 0.25) is 0 Å². The Hall–Kier alpha value is -2.82. The highest BCUT2D eigenvalue weighted by Gasteiger charge is 2.02. The van der Waals surface area contributed by atoms with E-state index in [2.05, 4.69) is 10.5 Å². The predicted molar refractivity (Wildman–Crippen MR) is 90.6 cm³/mol. The molecule has 0 atom stereocenters. The minimum absolute atomic E-state index is 0.140. The first-order chi connectivity index (χ1) is 11.2. The van der Waals surface area contributed by atoms with E-state index < -0.39 is 0 Å². The van der Waals surface area contributed by atoms with Gasteiger partial charge in [0.05, 0.1) is 0 Å². The number of nitrogens with two attached hydrogens (primary N) is 1. The number of benzene rings is 2. The molecule has 5 heteroatoms. The molecule has 0 spiro atoms. The third-order valence-electron chi connectivity index (χ3n) is 3.22. The van der Waals surface area contributed by atoms with Gasteiger partial charge in [-0.2, -0.15) is 0 Å². The number of nitrogens with one attached hydrogen (secondary N) is 1. The van der Waals surface area contributed by atoms with Gasteiger partial charge in [0, 0.05) is 13.0 Å². The van der Waals surface area contributed by atoms with Crippen LogP contribution in [0.2, 0.25) is 0 Å². The van der Waals surface area contributed by atoms with Crippen LogP contribution in [0.5, 0.6) is 0 Å². The van der Waals surface area contributed by atoms with Gasteiger partial charge in [-0.1, -0.05) is 65.8 Å². The Morgan fingerprint density at radius 2 is 1.61 bits per heavy atom. The molecule has 0 aromatic heterocycles. The molecule has 2 aromatic rings. The third-order valence-corrected chi connectivity index (χ3v) is 3.22. The molecule has 0 aliphatic heterocycles. The van der Waals surface area contributed by atoms with E-state index in [1.165, 1.54) is 5.56 Å². The molecule has 2 rings (SSSR count). The van der Waals surface area contributed by atoms with Crippen molar-refractivity contribution in [1.82, 2.24) is 5.32 Å². The zero-order valence-electron chi connectivity index (χ0n) is 12.9. The van der Waals surface area contributed by atoms with Crippen LogP contribution < -0.4 is 11.1 Å². The number of nitrogens with zero attached hydrogens (tertiary/aromatic N) is 1. The monoisotopic (exact) mass is 311 g/mol. The zero-order valence-corrected chi connectivity index (χ0v) is 12.9. The van der Waals surface area contributed by atoms with Gasteiger partial charge in [-0.3, -0.25) is 4.79 Å². The number of hydrogen-bond acceptors (Lipinski definition) is 3. The number of aryl methyl sites for hydroxylation is 1. The first-order valence-electron chi connectivity index (χ1n) is 7.53. The number of carbonyl (C=O) groups excluding carboxylic acids is 1. The van der Waals surface area contributed by atoms with Crippen LogP contribution in [0.1, 0.15) is 17.5 Å². The van der Waals surface area contributed by atoms with Gasteiger partial charge in [0.1, 0.15) is 5.84 Å². The Morgan fingerprint density at radius 1 is 1.00 bits per heavy atom. The first-order valence-corrected chi connectivity index (χ1v) is 7.53. The summed E-state index contributed by atoms with van der Waals surface area (Å²) < 4.78 is 0. The Bertz CT molecular complexity index is 627. The molecule has 0 heterocycles. The van der Waals surface area contributed by atoms with Crippen LogP contribution in [0.4, 0.5) is 0 Å². The number of amidine groups is 1. The quantitative estimate of drug-likeness (QED) is 0.446. The zero-order chi connectivity index (χ0) is 16.3. The molecule has 0 unspecified atom stereocenters. The maximum Gasteiger partial charge on any atom is 0.261 e. The number of rotatable bonds is 8. The molecule has 3 N–H and O–H groups in total. The molecule has 0 aliphatic rings. The number of oxime groups is 1. The van der Waals surface area contributed by atoms with Crippen LogP contribution in [0.3, 0.4) is 0 Å².